The summed E-state index contributed by atoms with van der Waals surface area (Å²) in [6, 6.07) is 6.54. The maximum absolute atomic E-state index is 11.4. The number of esters is 1. The second kappa shape index (κ2) is 6.41. The average Bonchev–Trinajstić information content (AvgIpc) is 2.90. The molecule has 0 saturated heterocycles. The van der Waals surface area contributed by atoms with Crippen LogP contribution in [0.1, 0.15) is 30.9 Å². The molecule has 0 radical (unpaired) electrons. The molecule has 102 valence electrons. The SMILES string of the molecule is CC/C(=C/CNc1ccc2c(c1)CCC2)C(=O)OC. The highest BCUT2D eigenvalue weighted by molar-refractivity contribution is 5.88. The van der Waals surface area contributed by atoms with E-state index < -0.39 is 0 Å². The van der Waals surface area contributed by atoms with Gasteiger partial charge in [0.15, 0.2) is 0 Å². The van der Waals surface area contributed by atoms with Gasteiger partial charge in [-0.05, 0) is 48.9 Å². The Hall–Kier alpha value is -1.77. The molecule has 0 saturated carbocycles. The van der Waals surface area contributed by atoms with Gasteiger partial charge in [-0.1, -0.05) is 19.1 Å². The van der Waals surface area contributed by atoms with Crippen molar-refractivity contribution in [1.29, 1.82) is 0 Å². The van der Waals surface area contributed by atoms with Crippen LogP contribution in [0.2, 0.25) is 0 Å². The second-order valence-corrected chi connectivity index (χ2v) is 4.79. The van der Waals surface area contributed by atoms with E-state index in [1.54, 1.807) is 0 Å². The number of fused-ring (bicyclic) bond motifs is 1. The molecule has 3 nitrogen and oxygen atoms in total. The third-order valence-corrected chi connectivity index (χ3v) is 3.58. The standard InChI is InChI=1S/C16H21NO2/c1-3-12(16(18)19-2)9-10-17-15-8-7-13-5-4-6-14(13)11-15/h7-9,11,17H,3-6,10H2,1-2H3/b12-9-. The summed E-state index contributed by atoms with van der Waals surface area (Å²) in [5.41, 5.74) is 4.77. The van der Waals surface area contributed by atoms with Crippen molar-refractivity contribution in [3.63, 3.8) is 0 Å². The van der Waals surface area contributed by atoms with Crippen molar-refractivity contribution in [2.75, 3.05) is 19.0 Å². The third-order valence-electron chi connectivity index (χ3n) is 3.58. The molecule has 0 unspecified atom stereocenters. The summed E-state index contributed by atoms with van der Waals surface area (Å²) >= 11 is 0. The first-order chi connectivity index (χ1) is 9.24. The molecule has 0 bridgehead atoms. The van der Waals surface area contributed by atoms with Crippen molar-refractivity contribution >= 4 is 11.7 Å². The van der Waals surface area contributed by atoms with Crippen molar-refractivity contribution in [2.45, 2.75) is 32.6 Å². The summed E-state index contributed by atoms with van der Waals surface area (Å²) in [5, 5.41) is 3.33. The quantitative estimate of drug-likeness (QED) is 0.652. The van der Waals surface area contributed by atoms with Gasteiger partial charge in [0.2, 0.25) is 0 Å². The molecular weight excluding hydrogens is 238 g/mol. The van der Waals surface area contributed by atoms with Gasteiger partial charge < -0.3 is 10.1 Å². The molecule has 1 aromatic carbocycles. The maximum atomic E-state index is 11.4. The fraction of sp³-hybridized carbons (Fsp3) is 0.438. The number of nitrogens with one attached hydrogen (secondary N) is 1. The molecule has 0 aliphatic heterocycles. The second-order valence-electron chi connectivity index (χ2n) is 4.79. The van der Waals surface area contributed by atoms with Gasteiger partial charge in [0, 0.05) is 17.8 Å². The molecule has 1 aliphatic carbocycles. The van der Waals surface area contributed by atoms with E-state index in [1.807, 2.05) is 13.0 Å². The molecule has 19 heavy (non-hydrogen) atoms. The van der Waals surface area contributed by atoms with Gasteiger partial charge in [0.1, 0.15) is 0 Å². The summed E-state index contributed by atoms with van der Waals surface area (Å²) in [7, 11) is 1.42. The van der Waals surface area contributed by atoms with Crippen LogP contribution in [0.4, 0.5) is 5.69 Å². The van der Waals surface area contributed by atoms with E-state index in [9.17, 15) is 4.79 Å². The van der Waals surface area contributed by atoms with E-state index in [0.717, 1.165) is 11.3 Å². The average molecular weight is 259 g/mol. The molecule has 1 aromatic rings. The molecule has 0 atom stereocenters. The first kappa shape index (κ1) is 13.7. The monoisotopic (exact) mass is 259 g/mol. The number of methoxy groups -OCH3 is 1. The Balaban J connectivity index is 1.95. The first-order valence-corrected chi connectivity index (χ1v) is 6.87. The van der Waals surface area contributed by atoms with Crippen LogP contribution in [0.3, 0.4) is 0 Å². The lowest BCUT2D eigenvalue weighted by atomic mass is 10.1. The van der Waals surface area contributed by atoms with Crippen LogP contribution >= 0.6 is 0 Å². The number of carbonyl (C=O) groups is 1. The fourth-order valence-electron chi connectivity index (χ4n) is 2.48. The normalized spacial score (nSPS) is 14.1. The van der Waals surface area contributed by atoms with Gasteiger partial charge in [-0.2, -0.15) is 0 Å². The molecule has 1 aliphatic rings. The number of anilines is 1. The minimum absolute atomic E-state index is 0.238. The number of aryl methyl sites for hydroxylation is 2. The highest BCUT2D eigenvalue weighted by atomic mass is 16.5. The Bertz CT molecular complexity index is 492. The summed E-state index contributed by atoms with van der Waals surface area (Å²) in [6.45, 7) is 2.61. The Kier molecular flexibility index (Phi) is 4.61. The molecule has 0 heterocycles. The number of rotatable bonds is 5. The van der Waals surface area contributed by atoms with Gasteiger partial charge in [-0.3, -0.25) is 0 Å². The van der Waals surface area contributed by atoms with E-state index in [4.69, 9.17) is 4.74 Å². The number of benzene rings is 1. The summed E-state index contributed by atoms with van der Waals surface area (Å²) in [4.78, 5) is 11.4. The lowest BCUT2D eigenvalue weighted by Gasteiger charge is -2.07. The predicted octanol–water partition coefficient (Wildman–Crippen LogP) is 3.10. The van der Waals surface area contributed by atoms with Crippen molar-refractivity contribution in [2.24, 2.45) is 0 Å². The zero-order valence-electron chi connectivity index (χ0n) is 11.7. The van der Waals surface area contributed by atoms with Gasteiger partial charge in [0.25, 0.3) is 0 Å². The molecule has 2 rings (SSSR count). The van der Waals surface area contributed by atoms with E-state index >= 15 is 0 Å². The lowest BCUT2D eigenvalue weighted by Crippen LogP contribution is -2.07. The van der Waals surface area contributed by atoms with E-state index in [1.165, 1.54) is 37.5 Å². The predicted molar refractivity (Wildman–Crippen MR) is 77.3 cm³/mol. The molecule has 0 amide bonds. The summed E-state index contributed by atoms with van der Waals surface area (Å²) in [6.07, 6.45) is 6.25. The van der Waals surface area contributed by atoms with Crippen LogP contribution in [0.25, 0.3) is 0 Å². The summed E-state index contributed by atoms with van der Waals surface area (Å²) < 4.78 is 4.73. The zero-order valence-corrected chi connectivity index (χ0v) is 11.7. The van der Waals surface area contributed by atoms with Crippen LogP contribution in [0, 0.1) is 0 Å². The molecular formula is C16H21NO2. The largest absolute Gasteiger partial charge is 0.466 e. The van der Waals surface area contributed by atoms with E-state index in [-0.39, 0.29) is 5.97 Å². The van der Waals surface area contributed by atoms with Crippen LogP contribution in [-0.4, -0.2) is 19.6 Å². The molecule has 3 heteroatoms. The smallest absolute Gasteiger partial charge is 0.333 e. The molecule has 1 N–H and O–H groups in total. The van der Waals surface area contributed by atoms with E-state index in [2.05, 4.69) is 23.5 Å². The Morgan fingerprint density at radius 1 is 1.37 bits per heavy atom. The van der Waals surface area contributed by atoms with Crippen molar-refractivity contribution in [1.82, 2.24) is 0 Å². The highest BCUT2D eigenvalue weighted by Gasteiger charge is 2.10. The lowest BCUT2D eigenvalue weighted by molar-refractivity contribution is -0.136. The topological polar surface area (TPSA) is 38.3 Å². The maximum Gasteiger partial charge on any atom is 0.333 e. The molecule has 0 aromatic heterocycles. The van der Waals surface area contributed by atoms with Crippen molar-refractivity contribution < 1.29 is 9.53 Å². The zero-order chi connectivity index (χ0) is 13.7. The van der Waals surface area contributed by atoms with E-state index in [0.29, 0.717) is 13.0 Å². The van der Waals surface area contributed by atoms with Crippen molar-refractivity contribution in [3.05, 3.63) is 41.0 Å². The van der Waals surface area contributed by atoms with Crippen molar-refractivity contribution in [3.8, 4) is 0 Å². The molecule has 0 spiro atoms. The Labute approximate surface area is 114 Å². The minimum Gasteiger partial charge on any atom is -0.466 e. The third kappa shape index (κ3) is 3.37. The van der Waals surface area contributed by atoms with Gasteiger partial charge in [-0.25, -0.2) is 4.79 Å². The number of ether oxygens (including phenoxy) is 1. The van der Waals surface area contributed by atoms with Crippen LogP contribution in [0.15, 0.2) is 29.8 Å². The van der Waals surface area contributed by atoms with Gasteiger partial charge >= 0.3 is 5.97 Å². The highest BCUT2D eigenvalue weighted by Crippen LogP contribution is 2.24. The van der Waals surface area contributed by atoms with Crippen LogP contribution in [0.5, 0.6) is 0 Å². The van der Waals surface area contributed by atoms with Crippen LogP contribution in [-0.2, 0) is 22.4 Å². The minimum atomic E-state index is -0.238. The van der Waals surface area contributed by atoms with Gasteiger partial charge in [-0.15, -0.1) is 0 Å². The van der Waals surface area contributed by atoms with Gasteiger partial charge in [0.05, 0.1) is 7.11 Å². The van der Waals surface area contributed by atoms with Crippen LogP contribution < -0.4 is 5.32 Å². The Morgan fingerprint density at radius 2 is 2.16 bits per heavy atom. The molecule has 0 fully saturated rings. The fourth-order valence-corrected chi connectivity index (χ4v) is 2.48. The first-order valence-electron chi connectivity index (χ1n) is 6.87. The number of carbonyl (C=O) groups excluding carboxylic acids is 1. The number of hydrogen-bond donors (Lipinski definition) is 1. The number of hydrogen-bond acceptors (Lipinski definition) is 3. The Morgan fingerprint density at radius 3 is 2.89 bits per heavy atom. The summed E-state index contributed by atoms with van der Waals surface area (Å²) in [5.74, 6) is -0.238.